The second-order valence-electron chi connectivity index (χ2n) is 3.10. The Bertz CT molecular complexity index is 547. The Balaban J connectivity index is 2.22. The zero-order valence-electron chi connectivity index (χ0n) is 8.43. The van der Waals surface area contributed by atoms with Crippen LogP contribution in [0.2, 0.25) is 0 Å². The molecule has 0 aliphatic heterocycles. The summed E-state index contributed by atoms with van der Waals surface area (Å²) in [5.74, 6) is -0.141. The fourth-order valence-electron chi connectivity index (χ4n) is 1.22. The van der Waals surface area contributed by atoms with Gasteiger partial charge in [0.15, 0.2) is 5.82 Å². The third-order valence-electron chi connectivity index (χ3n) is 1.93. The Kier molecular flexibility index (Phi) is 2.39. The Morgan fingerprint density at radius 1 is 1.69 bits per heavy atom. The molecule has 2 heterocycles. The van der Waals surface area contributed by atoms with Crippen LogP contribution in [0.15, 0.2) is 18.5 Å². The van der Waals surface area contributed by atoms with Gasteiger partial charge in [0.1, 0.15) is 17.3 Å². The highest BCUT2D eigenvalue weighted by atomic mass is 16.2. The second-order valence-corrected chi connectivity index (χ2v) is 3.10. The zero-order chi connectivity index (χ0) is 11.5. The van der Waals surface area contributed by atoms with Gasteiger partial charge in [0, 0.05) is 19.4 Å². The summed E-state index contributed by atoms with van der Waals surface area (Å²) in [5, 5.41) is 21.5. The highest BCUT2D eigenvalue weighted by molar-refractivity contribution is 6.02. The molecule has 0 spiro atoms. The van der Waals surface area contributed by atoms with Crippen LogP contribution in [0.3, 0.4) is 0 Å². The van der Waals surface area contributed by atoms with Crippen molar-refractivity contribution < 1.29 is 4.79 Å². The van der Waals surface area contributed by atoms with Gasteiger partial charge < -0.3 is 5.32 Å². The molecule has 0 bridgehead atoms. The minimum absolute atomic E-state index is 0.240. The van der Waals surface area contributed by atoms with Gasteiger partial charge in [-0.25, -0.2) is 0 Å². The molecule has 0 saturated heterocycles. The van der Waals surface area contributed by atoms with Crippen molar-refractivity contribution in [3.8, 4) is 6.07 Å². The first-order valence-corrected chi connectivity index (χ1v) is 4.45. The minimum Gasteiger partial charge on any atom is -0.303 e. The van der Waals surface area contributed by atoms with Crippen molar-refractivity contribution in [2.45, 2.75) is 0 Å². The van der Waals surface area contributed by atoms with Gasteiger partial charge in [-0.2, -0.15) is 15.5 Å². The molecule has 7 nitrogen and oxygen atoms in total. The van der Waals surface area contributed by atoms with E-state index in [9.17, 15) is 4.79 Å². The number of nitrogens with one attached hydrogen (secondary N) is 2. The van der Waals surface area contributed by atoms with Crippen molar-refractivity contribution in [2.75, 3.05) is 5.32 Å². The first-order valence-electron chi connectivity index (χ1n) is 4.45. The van der Waals surface area contributed by atoms with Gasteiger partial charge in [-0.15, -0.1) is 0 Å². The normalized spacial score (nSPS) is 9.75. The number of hydrogen-bond acceptors (Lipinski definition) is 4. The van der Waals surface area contributed by atoms with Crippen LogP contribution in [0.1, 0.15) is 16.1 Å². The number of aryl methyl sites for hydroxylation is 1. The van der Waals surface area contributed by atoms with Crippen LogP contribution in [0, 0.1) is 11.3 Å². The number of nitrogens with zero attached hydrogens (tertiary/aromatic N) is 4. The number of carbonyl (C=O) groups is 1. The number of H-pyrrole nitrogens is 1. The van der Waals surface area contributed by atoms with Crippen molar-refractivity contribution in [2.24, 2.45) is 7.05 Å². The van der Waals surface area contributed by atoms with Crippen LogP contribution in [-0.2, 0) is 7.05 Å². The van der Waals surface area contributed by atoms with E-state index in [-0.39, 0.29) is 11.7 Å². The van der Waals surface area contributed by atoms with E-state index >= 15 is 0 Å². The number of amides is 1. The molecule has 2 rings (SSSR count). The van der Waals surface area contributed by atoms with Crippen LogP contribution in [0.25, 0.3) is 0 Å². The molecular weight excluding hydrogens is 208 g/mol. The fraction of sp³-hybridized carbons (Fsp3) is 0.111. The summed E-state index contributed by atoms with van der Waals surface area (Å²) in [6, 6.07) is 3.48. The highest BCUT2D eigenvalue weighted by Crippen LogP contribution is 2.11. The van der Waals surface area contributed by atoms with Crippen LogP contribution in [0.4, 0.5) is 5.82 Å². The third-order valence-corrected chi connectivity index (χ3v) is 1.93. The molecule has 0 unspecified atom stereocenters. The van der Waals surface area contributed by atoms with E-state index in [0.717, 1.165) is 0 Å². The number of rotatable bonds is 2. The number of carbonyl (C=O) groups excluding carboxylic acids is 1. The molecule has 80 valence electrons. The number of aromatic amines is 1. The molecule has 0 aliphatic carbocycles. The lowest BCUT2D eigenvalue weighted by Crippen LogP contribution is -2.13. The van der Waals surface area contributed by atoms with Gasteiger partial charge in [-0.1, -0.05) is 0 Å². The van der Waals surface area contributed by atoms with Gasteiger partial charge >= 0.3 is 0 Å². The van der Waals surface area contributed by atoms with E-state index in [1.54, 1.807) is 7.05 Å². The molecule has 0 atom stereocenters. The van der Waals surface area contributed by atoms with Crippen molar-refractivity contribution in [1.29, 1.82) is 5.26 Å². The van der Waals surface area contributed by atoms with Crippen LogP contribution >= 0.6 is 0 Å². The summed E-state index contributed by atoms with van der Waals surface area (Å²) in [6.45, 7) is 0. The second kappa shape index (κ2) is 3.86. The van der Waals surface area contributed by atoms with Gasteiger partial charge in [0.25, 0.3) is 5.91 Å². The van der Waals surface area contributed by atoms with Crippen molar-refractivity contribution >= 4 is 11.7 Å². The van der Waals surface area contributed by atoms with E-state index in [4.69, 9.17) is 5.26 Å². The van der Waals surface area contributed by atoms with Gasteiger partial charge in [0.2, 0.25) is 0 Å². The summed E-state index contributed by atoms with van der Waals surface area (Å²) >= 11 is 0. The first-order chi connectivity index (χ1) is 7.70. The highest BCUT2D eigenvalue weighted by Gasteiger charge is 2.12. The maximum atomic E-state index is 11.6. The number of aromatic nitrogens is 4. The number of anilines is 1. The summed E-state index contributed by atoms with van der Waals surface area (Å²) in [4.78, 5) is 11.6. The molecule has 2 aromatic rings. The molecule has 7 heteroatoms. The van der Waals surface area contributed by atoms with E-state index in [2.05, 4.69) is 20.6 Å². The predicted molar refractivity (Wildman–Crippen MR) is 54.5 cm³/mol. The maximum Gasteiger partial charge on any atom is 0.274 e. The zero-order valence-corrected chi connectivity index (χ0v) is 8.43. The smallest absolute Gasteiger partial charge is 0.274 e. The minimum atomic E-state index is -0.382. The fourth-order valence-corrected chi connectivity index (χ4v) is 1.22. The molecule has 16 heavy (non-hydrogen) atoms. The Morgan fingerprint density at radius 3 is 3.12 bits per heavy atom. The largest absolute Gasteiger partial charge is 0.303 e. The Labute approximate surface area is 90.7 Å². The molecule has 0 aliphatic rings. The third kappa shape index (κ3) is 1.76. The Hall–Kier alpha value is -2.62. The standard InChI is InChI=1S/C9H8N6O/c1-15-5-6(4-10)8(14-15)12-9(16)7-2-3-11-13-7/h2-3,5H,1H3,(H,11,13)(H,12,14,16). The van der Waals surface area contributed by atoms with Gasteiger partial charge in [0.05, 0.1) is 0 Å². The molecule has 0 saturated carbocycles. The maximum absolute atomic E-state index is 11.6. The molecule has 0 radical (unpaired) electrons. The molecule has 2 aromatic heterocycles. The van der Waals surface area contributed by atoms with Crippen molar-refractivity contribution in [1.82, 2.24) is 20.0 Å². The molecule has 0 aromatic carbocycles. The number of hydrogen-bond donors (Lipinski definition) is 2. The average Bonchev–Trinajstić information content (AvgIpc) is 2.87. The summed E-state index contributed by atoms with van der Waals surface area (Å²) < 4.78 is 1.46. The number of nitriles is 1. The van der Waals surface area contributed by atoms with E-state index in [0.29, 0.717) is 11.3 Å². The van der Waals surface area contributed by atoms with Crippen LogP contribution in [-0.4, -0.2) is 25.9 Å². The quantitative estimate of drug-likeness (QED) is 0.752. The summed E-state index contributed by atoms with van der Waals surface area (Å²) in [5.41, 5.74) is 0.630. The summed E-state index contributed by atoms with van der Waals surface area (Å²) in [6.07, 6.45) is 3.00. The molecule has 1 amide bonds. The van der Waals surface area contributed by atoms with Crippen molar-refractivity contribution in [3.63, 3.8) is 0 Å². The topological polar surface area (TPSA) is 99.4 Å². The van der Waals surface area contributed by atoms with E-state index in [1.807, 2.05) is 6.07 Å². The van der Waals surface area contributed by atoms with E-state index in [1.165, 1.54) is 23.1 Å². The first kappa shape index (κ1) is 9.92. The molecular formula is C9H8N6O. The van der Waals surface area contributed by atoms with Crippen LogP contribution in [0.5, 0.6) is 0 Å². The Morgan fingerprint density at radius 2 is 2.50 bits per heavy atom. The lowest BCUT2D eigenvalue weighted by Gasteiger charge is -1.98. The molecule has 2 N–H and O–H groups in total. The van der Waals surface area contributed by atoms with Crippen LogP contribution < -0.4 is 5.32 Å². The molecule has 0 fully saturated rings. The monoisotopic (exact) mass is 216 g/mol. The van der Waals surface area contributed by atoms with E-state index < -0.39 is 0 Å². The van der Waals surface area contributed by atoms with Gasteiger partial charge in [-0.3, -0.25) is 14.6 Å². The van der Waals surface area contributed by atoms with Gasteiger partial charge in [-0.05, 0) is 6.07 Å². The lowest BCUT2D eigenvalue weighted by molar-refractivity contribution is 0.102. The van der Waals surface area contributed by atoms with Crippen molar-refractivity contribution in [3.05, 3.63) is 29.7 Å². The SMILES string of the molecule is Cn1cc(C#N)c(NC(=O)c2ccn[nH]2)n1. The lowest BCUT2D eigenvalue weighted by atomic mass is 10.3. The predicted octanol–water partition coefficient (Wildman–Crippen LogP) is 0.267. The summed E-state index contributed by atoms with van der Waals surface area (Å²) in [7, 11) is 1.67. The average molecular weight is 216 g/mol.